The van der Waals surface area contributed by atoms with Crippen molar-refractivity contribution < 1.29 is 14.0 Å². The molecule has 0 saturated heterocycles. The van der Waals surface area contributed by atoms with E-state index in [0.29, 0.717) is 16.3 Å². The standard InChI is InChI=1S/C19H14ClN7O3/c20-11-1-3-12(4-2-11)27-8-13(16(26-27)17(22)28)24-18(29)14-9-30-19(25-14)10-5-6-23-15(21)7-10/h1-9H,(H2,21,23)(H2,22,28)(H,24,29). The lowest BCUT2D eigenvalue weighted by molar-refractivity contribution is 0.0996. The number of carbonyl (C=O) groups excluding carboxylic acids is 2. The van der Waals surface area contributed by atoms with Gasteiger partial charge in [-0.15, -0.1) is 0 Å². The summed E-state index contributed by atoms with van der Waals surface area (Å²) in [6, 6.07) is 9.96. The summed E-state index contributed by atoms with van der Waals surface area (Å²) < 4.78 is 6.75. The van der Waals surface area contributed by atoms with Crippen LogP contribution in [0.4, 0.5) is 11.5 Å². The topological polar surface area (TPSA) is 155 Å². The van der Waals surface area contributed by atoms with Gasteiger partial charge in [0, 0.05) is 16.8 Å². The second-order valence-corrected chi connectivity index (χ2v) is 6.57. The molecule has 150 valence electrons. The van der Waals surface area contributed by atoms with Crippen molar-refractivity contribution in [2.24, 2.45) is 5.73 Å². The molecule has 2 amide bonds. The number of benzene rings is 1. The average molecular weight is 424 g/mol. The third-order valence-corrected chi connectivity index (χ3v) is 4.30. The summed E-state index contributed by atoms with van der Waals surface area (Å²) in [5.74, 6) is -0.921. The van der Waals surface area contributed by atoms with Crippen LogP contribution in [0, 0.1) is 0 Å². The highest BCUT2D eigenvalue weighted by atomic mass is 35.5. The maximum atomic E-state index is 12.6. The number of rotatable bonds is 5. The van der Waals surface area contributed by atoms with E-state index in [9.17, 15) is 9.59 Å². The van der Waals surface area contributed by atoms with Gasteiger partial charge in [-0.1, -0.05) is 11.6 Å². The summed E-state index contributed by atoms with van der Waals surface area (Å²) in [5.41, 5.74) is 12.3. The third-order valence-electron chi connectivity index (χ3n) is 4.05. The number of halogens is 1. The van der Waals surface area contributed by atoms with Crippen LogP contribution in [0.5, 0.6) is 0 Å². The molecule has 3 heterocycles. The van der Waals surface area contributed by atoms with Crippen LogP contribution in [0.25, 0.3) is 17.1 Å². The van der Waals surface area contributed by atoms with Crippen molar-refractivity contribution in [3.63, 3.8) is 0 Å². The molecule has 1 aromatic carbocycles. The van der Waals surface area contributed by atoms with Crippen LogP contribution in [-0.4, -0.2) is 31.6 Å². The molecule has 0 aliphatic rings. The molecule has 0 bridgehead atoms. The van der Waals surface area contributed by atoms with E-state index in [0.717, 1.165) is 0 Å². The van der Waals surface area contributed by atoms with Crippen LogP contribution in [0.2, 0.25) is 5.02 Å². The second-order valence-electron chi connectivity index (χ2n) is 6.14. The number of hydrogen-bond acceptors (Lipinski definition) is 7. The highest BCUT2D eigenvalue weighted by Crippen LogP contribution is 2.22. The molecule has 4 rings (SSSR count). The SMILES string of the molecule is NC(=O)c1nn(-c2ccc(Cl)cc2)cc1NC(=O)c1coc(-c2ccnc(N)c2)n1. The van der Waals surface area contributed by atoms with Gasteiger partial charge in [-0.2, -0.15) is 5.10 Å². The van der Waals surface area contributed by atoms with Gasteiger partial charge in [0.05, 0.1) is 17.6 Å². The first-order valence-corrected chi connectivity index (χ1v) is 8.92. The molecule has 0 radical (unpaired) electrons. The largest absolute Gasteiger partial charge is 0.444 e. The maximum absolute atomic E-state index is 12.6. The first-order chi connectivity index (χ1) is 14.4. The third kappa shape index (κ3) is 3.84. The summed E-state index contributed by atoms with van der Waals surface area (Å²) in [5, 5.41) is 7.26. The van der Waals surface area contributed by atoms with Crippen molar-refractivity contribution in [3.8, 4) is 17.1 Å². The zero-order valence-electron chi connectivity index (χ0n) is 15.2. The molecule has 0 aliphatic heterocycles. The quantitative estimate of drug-likeness (QED) is 0.445. The van der Waals surface area contributed by atoms with Gasteiger partial charge in [0.15, 0.2) is 11.4 Å². The lowest BCUT2D eigenvalue weighted by Gasteiger charge is -2.01. The molecule has 0 aliphatic carbocycles. The number of oxazole rings is 1. The van der Waals surface area contributed by atoms with Gasteiger partial charge < -0.3 is 21.2 Å². The minimum absolute atomic E-state index is 0.00459. The first kappa shape index (κ1) is 19.2. The minimum atomic E-state index is -0.800. The smallest absolute Gasteiger partial charge is 0.277 e. The van der Waals surface area contributed by atoms with Crippen molar-refractivity contribution in [1.29, 1.82) is 0 Å². The molecule has 0 saturated carbocycles. The minimum Gasteiger partial charge on any atom is -0.444 e. The van der Waals surface area contributed by atoms with Crippen LogP contribution in [0.1, 0.15) is 21.0 Å². The molecule has 0 fully saturated rings. The van der Waals surface area contributed by atoms with Crippen molar-refractivity contribution in [1.82, 2.24) is 19.7 Å². The number of nitrogens with one attached hydrogen (secondary N) is 1. The number of aromatic nitrogens is 4. The average Bonchev–Trinajstić information content (AvgIpc) is 3.36. The van der Waals surface area contributed by atoms with Gasteiger partial charge in [-0.3, -0.25) is 9.59 Å². The van der Waals surface area contributed by atoms with E-state index in [2.05, 4.69) is 20.4 Å². The molecular formula is C19H14ClN7O3. The van der Waals surface area contributed by atoms with Crippen LogP contribution >= 0.6 is 11.6 Å². The monoisotopic (exact) mass is 423 g/mol. The van der Waals surface area contributed by atoms with Gasteiger partial charge in [0.2, 0.25) is 5.89 Å². The Morgan fingerprint density at radius 1 is 1.17 bits per heavy atom. The van der Waals surface area contributed by atoms with E-state index in [1.54, 1.807) is 36.4 Å². The fraction of sp³-hybridized carbons (Fsp3) is 0. The van der Waals surface area contributed by atoms with E-state index in [-0.39, 0.29) is 28.8 Å². The highest BCUT2D eigenvalue weighted by molar-refractivity contribution is 6.30. The lowest BCUT2D eigenvalue weighted by atomic mass is 10.2. The van der Waals surface area contributed by atoms with Gasteiger partial charge in [0.25, 0.3) is 11.8 Å². The fourth-order valence-corrected chi connectivity index (χ4v) is 2.78. The summed E-state index contributed by atoms with van der Waals surface area (Å²) in [4.78, 5) is 32.4. The Kier molecular flexibility index (Phi) is 4.90. The van der Waals surface area contributed by atoms with E-state index in [4.69, 9.17) is 27.5 Å². The Labute approximate surface area is 174 Å². The Hall–Kier alpha value is -4.18. The number of hydrogen-bond donors (Lipinski definition) is 3. The zero-order chi connectivity index (χ0) is 21.3. The first-order valence-electron chi connectivity index (χ1n) is 8.55. The Morgan fingerprint density at radius 3 is 2.63 bits per heavy atom. The normalized spacial score (nSPS) is 10.7. The van der Waals surface area contributed by atoms with Crippen LogP contribution in [0.15, 0.2) is 59.5 Å². The van der Waals surface area contributed by atoms with Gasteiger partial charge in [0.1, 0.15) is 12.1 Å². The number of pyridine rings is 1. The number of nitrogens with two attached hydrogens (primary N) is 2. The van der Waals surface area contributed by atoms with Crippen molar-refractivity contribution in [2.75, 3.05) is 11.1 Å². The van der Waals surface area contributed by atoms with E-state index < -0.39 is 11.8 Å². The van der Waals surface area contributed by atoms with E-state index in [1.807, 2.05) is 0 Å². The fourth-order valence-electron chi connectivity index (χ4n) is 2.65. The van der Waals surface area contributed by atoms with Crippen molar-refractivity contribution in [3.05, 3.63) is 71.5 Å². The van der Waals surface area contributed by atoms with E-state index >= 15 is 0 Å². The summed E-state index contributed by atoms with van der Waals surface area (Å²) in [7, 11) is 0. The van der Waals surface area contributed by atoms with Gasteiger partial charge in [-0.05, 0) is 36.4 Å². The predicted molar refractivity (Wildman–Crippen MR) is 109 cm³/mol. The van der Waals surface area contributed by atoms with Crippen molar-refractivity contribution in [2.45, 2.75) is 0 Å². The molecule has 3 aromatic heterocycles. The predicted octanol–water partition coefficient (Wildman–Crippen LogP) is 2.51. The molecule has 0 unspecified atom stereocenters. The number of amides is 2. The molecule has 0 spiro atoms. The summed E-state index contributed by atoms with van der Waals surface area (Å²) >= 11 is 5.89. The van der Waals surface area contributed by atoms with Crippen LogP contribution in [-0.2, 0) is 0 Å². The van der Waals surface area contributed by atoms with Crippen molar-refractivity contribution >= 4 is 34.9 Å². The Balaban J connectivity index is 1.60. The number of primary amides is 1. The van der Waals surface area contributed by atoms with Crippen LogP contribution < -0.4 is 16.8 Å². The second kappa shape index (κ2) is 7.68. The molecule has 5 N–H and O–H groups in total. The molecule has 30 heavy (non-hydrogen) atoms. The molecule has 4 aromatic rings. The Morgan fingerprint density at radius 2 is 1.93 bits per heavy atom. The lowest BCUT2D eigenvalue weighted by Crippen LogP contribution is -2.18. The summed E-state index contributed by atoms with van der Waals surface area (Å²) in [6.07, 6.45) is 4.15. The number of anilines is 2. The number of nitrogens with zero attached hydrogens (tertiary/aromatic N) is 4. The molecular weight excluding hydrogens is 410 g/mol. The molecule has 11 heteroatoms. The zero-order valence-corrected chi connectivity index (χ0v) is 16.0. The summed E-state index contributed by atoms with van der Waals surface area (Å²) in [6.45, 7) is 0. The highest BCUT2D eigenvalue weighted by Gasteiger charge is 2.20. The molecule has 10 nitrogen and oxygen atoms in total. The maximum Gasteiger partial charge on any atom is 0.277 e. The number of nitrogen functional groups attached to an aromatic ring is 1. The number of carbonyl (C=O) groups is 2. The molecule has 0 atom stereocenters. The van der Waals surface area contributed by atoms with E-state index in [1.165, 1.54) is 23.3 Å². The Bertz CT molecular complexity index is 1250. The van der Waals surface area contributed by atoms with Gasteiger partial charge in [-0.25, -0.2) is 14.6 Å². The van der Waals surface area contributed by atoms with Crippen LogP contribution in [0.3, 0.4) is 0 Å². The van der Waals surface area contributed by atoms with Gasteiger partial charge >= 0.3 is 0 Å².